The maximum Gasteiger partial charge on any atom is 0.251 e. The quantitative estimate of drug-likeness (QED) is 0.699. The third-order valence-electron chi connectivity index (χ3n) is 3.76. The lowest BCUT2D eigenvalue weighted by Crippen LogP contribution is -2.48. The highest BCUT2D eigenvalue weighted by atomic mass is 35.5. The molecule has 6 heteroatoms. The molecule has 0 aliphatic carbocycles. The fourth-order valence-corrected chi connectivity index (χ4v) is 2.11. The van der Waals surface area contributed by atoms with Gasteiger partial charge in [0.2, 0.25) is 5.91 Å². The van der Waals surface area contributed by atoms with Gasteiger partial charge in [-0.15, -0.1) is 19.0 Å². The Labute approximate surface area is 137 Å². The fourth-order valence-electron chi connectivity index (χ4n) is 2.11. The first-order valence-corrected chi connectivity index (χ1v) is 7.12. The normalized spacial score (nSPS) is 15.0. The number of nitrogens with one attached hydrogen (secondary N) is 3. The van der Waals surface area contributed by atoms with Gasteiger partial charge in [-0.3, -0.25) is 9.59 Å². The van der Waals surface area contributed by atoms with Gasteiger partial charge in [0, 0.05) is 23.7 Å². The maximum atomic E-state index is 12.1. The number of halogens is 1. The molecule has 1 aliphatic heterocycles. The SMILES string of the molecule is C=CCNC(=O)c1ccc(NC(=O)C(C)C2CNC2)cc1.Cl. The Hall–Kier alpha value is -1.85. The van der Waals surface area contributed by atoms with Crippen molar-refractivity contribution < 1.29 is 9.59 Å². The van der Waals surface area contributed by atoms with E-state index in [2.05, 4.69) is 22.5 Å². The minimum atomic E-state index is -0.151. The second kappa shape index (κ2) is 8.56. The highest BCUT2D eigenvalue weighted by molar-refractivity contribution is 5.96. The highest BCUT2D eigenvalue weighted by Crippen LogP contribution is 2.18. The zero-order valence-electron chi connectivity index (χ0n) is 12.6. The van der Waals surface area contributed by atoms with Crippen molar-refractivity contribution >= 4 is 29.9 Å². The molecule has 1 fully saturated rings. The second-order valence-electron chi connectivity index (χ2n) is 5.27. The summed E-state index contributed by atoms with van der Waals surface area (Å²) in [6.45, 7) is 7.73. The van der Waals surface area contributed by atoms with Gasteiger partial charge in [-0.05, 0) is 43.3 Å². The third kappa shape index (κ3) is 4.58. The van der Waals surface area contributed by atoms with E-state index in [4.69, 9.17) is 0 Å². The number of anilines is 1. The molecule has 120 valence electrons. The molecule has 1 aliphatic rings. The summed E-state index contributed by atoms with van der Waals surface area (Å²) >= 11 is 0. The molecule has 3 N–H and O–H groups in total. The fraction of sp³-hybridized carbons (Fsp3) is 0.375. The zero-order chi connectivity index (χ0) is 15.2. The van der Waals surface area contributed by atoms with Gasteiger partial charge in [0.1, 0.15) is 0 Å². The van der Waals surface area contributed by atoms with Gasteiger partial charge in [-0.25, -0.2) is 0 Å². The summed E-state index contributed by atoms with van der Waals surface area (Å²) < 4.78 is 0. The molecule has 1 aromatic carbocycles. The molecular formula is C16H22ClN3O2. The van der Waals surface area contributed by atoms with Crippen LogP contribution in [-0.4, -0.2) is 31.4 Å². The van der Waals surface area contributed by atoms with Crippen molar-refractivity contribution in [2.45, 2.75) is 6.92 Å². The number of hydrogen-bond donors (Lipinski definition) is 3. The molecule has 2 amide bonds. The van der Waals surface area contributed by atoms with Crippen LogP contribution in [0.2, 0.25) is 0 Å². The molecule has 0 radical (unpaired) electrons. The summed E-state index contributed by atoms with van der Waals surface area (Å²) in [5, 5.41) is 8.76. The van der Waals surface area contributed by atoms with E-state index < -0.39 is 0 Å². The maximum absolute atomic E-state index is 12.1. The van der Waals surface area contributed by atoms with Crippen molar-refractivity contribution in [1.82, 2.24) is 10.6 Å². The molecule has 5 nitrogen and oxygen atoms in total. The van der Waals surface area contributed by atoms with Crippen LogP contribution in [0.25, 0.3) is 0 Å². The predicted octanol–water partition coefficient (Wildman–Crippen LogP) is 1.82. The van der Waals surface area contributed by atoms with Crippen LogP contribution in [0.15, 0.2) is 36.9 Å². The molecule has 1 saturated heterocycles. The molecule has 1 aromatic rings. The lowest BCUT2D eigenvalue weighted by molar-refractivity contribution is -0.121. The number of hydrogen-bond acceptors (Lipinski definition) is 3. The van der Waals surface area contributed by atoms with Crippen molar-refractivity contribution in [3.05, 3.63) is 42.5 Å². The number of carbonyl (C=O) groups is 2. The zero-order valence-corrected chi connectivity index (χ0v) is 13.4. The predicted molar refractivity (Wildman–Crippen MR) is 90.4 cm³/mol. The van der Waals surface area contributed by atoms with E-state index in [-0.39, 0.29) is 30.1 Å². The molecule has 22 heavy (non-hydrogen) atoms. The van der Waals surface area contributed by atoms with Gasteiger partial charge in [0.25, 0.3) is 5.91 Å². The average molecular weight is 324 g/mol. The van der Waals surface area contributed by atoms with E-state index >= 15 is 0 Å². The number of carbonyl (C=O) groups excluding carboxylic acids is 2. The van der Waals surface area contributed by atoms with Crippen LogP contribution in [-0.2, 0) is 4.79 Å². The average Bonchev–Trinajstić information content (AvgIpc) is 2.43. The third-order valence-corrected chi connectivity index (χ3v) is 3.76. The van der Waals surface area contributed by atoms with Gasteiger partial charge in [0.05, 0.1) is 0 Å². The lowest BCUT2D eigenvalue weighted by atomic mass is 9.88. The molecule has 0 saturated carbocycles. The van der Waals surface area contributed by atoms with Gasteiger partial charge in [0.15, 0.2) is 0 Å². The van der Waals surface area contributed by atoms with Crippen LogP contribution >= 0.6 is 12.4 Å². The van der Waals surface area contributed by atoms with E-state index in [0.717, 1.165) is 13.1 Å². The molecule has 2 rings (SSSR count). The largest absolute Gasteiger partial charge is 0.349 e. The first-order valence-electron chi connectivity index (χ1n) is 7.12. The highest BCUT2D eigenvalue weighted by Gasteiger charge is 2.28. The van der Waals surface area contributed by atoms with E-state index in [0.29, 0.717) is 23.7 Å². The summed E-state index contributed by atoms with van der Waals surface area (Å²) in [6.07, 6.45) is 1.63. The number of amides is 2. The monoisotopic (exact) mass is 323 g/mol. The van der Waals surface area contributed by atoms with Crippen LogP contribution in [0, 0.1) is 11.8 Å². The summed E-state index contributed by atoms with van der Waals surface area (Å²) in [4.78, 5) is 23.8. The summed E-state index contributed by atoms with van der Waals surface area (Å²) in [7, 11) is 0. The van der Waals surface area contributed by atoms with Gasteiger partial charge in [-0.1, -0.05) is 13.0 Å². The molecular weight excluding hydrogens is 302 g/mol. The first kappa shape index (κ1) is 18.2. The first-order chi connectivity index (χ1) is 10.1. The van der Waals surface area contributed by atoms with Crippen molar-refractivity contribution in [2.75, 3.05) is 25.0 Å². The smallest absolute Gasteiger partial charge is 0.251 e. The molecule has 1 atom stereocenters. The minimum absolute atomic E-state index is 0. The van der Waals surface area contributed by atoms with E-state index in [9.17, 15) is 9.59 Å². The Morgan fingerprint density at radius 1 is 1.36 bits per heavy atom. The molecule has 0 spiro atoms. The van der Waals surface area contributed by atoms with Crippen LogP contribution in [0.4, 0.5) is 5.69 Å². The van der Waals surface area contributed by atoms with Gasteiger partial charge < -0.3 is 16.0 Å². The second-order valence-corrected chi connectivity index (χ2v) is 5.27. The number of rotatable bonds is 6. The van der Waals surface area contributed by atoms with E-state index in [1.54, 1.807) is 30.3 Å². The molecule has 1 unspecified atom stereocenters. The van der Waals surface area contributed by atoms with Crippen LogP contribution in [0.3, 0.4) is 0 Å². The van der Waals surface area contributed by atoms with Crippen LogP contribution in [0.1, 0.15) is 17.3 Å². The lowest BCUT2D eigenvalue weighted by Gasteiger charge is -2.31. The molecule has 1 heterocycles. The number of benzene rings is 1. The Morgan fingerprint density at radius 2 is 2.00 bits per heavy atom. The Bertz CT molecular complexity index is 527. The van der Waals surface area contributed by atoms with Crippen molar-refractivity contribution in [3.63, 3.8) is 0 Å². The summed E-state index contributed by atoms with van der Waals surface area (Å²) in [6, 6.07) is 6.88. The minimum Gasteiger partial charge on any atom is -0.349 e. The summed E-state index contributed by atoms with van der Waals surface area (Å²) in [5.74, 6) is 0.266. The Morgan fingerprint density at radius 3 is 2.50 bits per heavy atom. The van der Waals surface area contributed by atoms with E-state index in [1.807, 2.05) is 6.92 Å². The molecule has 0 bridgehead atoms. The topological polar surface area (TPSA) is 70.2 Å². The van der Waals surface area contributed by atoms with Crippen molar-refractivity contribution in [3.8, 4) is 0 Å². The van der Waals surface area contributed by atoms with Crippen molar-refractivity contribution in [2.24, 2.45) is 11.8 Å². The van der Waals surface area contributed by atoms with E-state index in [1.165, 1.54) is 0 Å². The Kier molecular flexibility index (Phi) is 7.08. The summed E-state index contributed by atoms with van der Waals surface area (Å²) in [5.41, 5.74) is 1.27. The van der Waals surface area contributed by atoms with Gasteiger partial charge >= 0.3 is 0 Å². The van der Waals surface area contributed by atoms with Crippen LogP contribution in [0.5, 0.6) is 0 Å². The standard InChI is InChI=1S/C16H21N3O2.ClH/c1-3-8-18-16(21)12-4-6-14(7-5-12)19-15(20)11(2)13-9-17-10-13;/h3-7,11,13,17H,1,8-10H2,2H3,(H,18,21)(H,19,20);1H. The Balaban J connectivity index is 0.00000242. The molecule has 0 aromatic heterocycles. The van der Waals surface area contributed by atoms with Crippen molar-refractivity contribution in [1.29, 1.82) is 0 Å². The van der Waals surface area contributed by atoms with Crippen LogP contribution < -0.4 is 16.0 Å². The van der Waals surface area contributed by atoms with Gasteiger partial charge in [-0.2, -0.15) is 0 Å².